The van der Waals surface area contributed by atoms with Gasteiger partial charge >= 0.3 is 6.03 Å². The Bertz CT molecular complexity index is 471. The van der Waals surface area contributed by atoms with Crippen LogP contribution in [0.25, 0.3) is 0 Å². The van der Waals surface area contributed by atoms with E-state index in [4.69, 9.17) is 11.6 Å². The monoisotopic (exact) mass is 265 g/mol. The molecule has 7 heteroatoms. The molecule has 1 aliphatic heterocycles. The lowest BCUT2D eigenvalue weighted by Gasteiger charge is -2.33. The van der Waals surface area contributed by atoms with Gasteiger partial charge in [0, 0.05) is 19.2 Å². The molecule has 0 aliphatic carbocycles. The number of aromatic hydroxyl groups is 1. The van der Waals surface area contributed by atoms with Crippen molar-refractivity contribution in [3.8, 4) is 5.75 Å². The first kappa shape index (κ1) is 13.4. The fourth-order valence-corrected chi connectivity index (χ4v) is 2.10. The Labute approximate surface area is 111 Å². The molecule has 1 aliphatic rings. The number of hydrogen-bond donors (Lipinski definition) is 3. The molecule has 0 spiro atoms. The molecule has 7 nitrogen and oxygen atoms in total. The molecule has 5 N–H and O–H groups in total. The number of hydrazine groups is 1. The number of likely N-dealkylation sites (tertiary alicyclic amines) is 1. The molecule has 1 aromatic rings. The molecular weight excluding hydrogens is 246 g/mol. The number of nitrogens with two attached hydrogens (primary N) is 2. The highest BCUT2D eigenvalue weighted by Crippen LogP contribution is 2.25. The molecule has 0 radical (unpaired) electrons. The molecule has 1 saturated heterocycles. The molecule has 2 amide bonds. The highest BCUT2D eigenvalue weighted by atomic mass is 16.3. The van der Waals surface area contributed by atoms with E-state index in [9.17, 15) is 9.90 Å². The van der Waals surface area contributed by atoms with Crippen molar-refractivity contribution in [2.45, 2.75) is 19.8 Å². The van der Waals surface area contributed by atoms with Crippen LogP contribution in [0.5, 0.6) is 5.75 Å². The summed E-state index contributed by atoms with van der Waals surface area (Å²) in [5.41, 5.74) is 5.88. The molecule has 2 heterocycles. The summed E-state index contributed by atoms with van der Waals surface area (Å²) in [6, 6.07) is 0.998. The van der Waals surface area contributed by atoms with Crippen LogP contribution in [0.1, 0.15) is 19.8 Å². The Morgan fingerprint density at radius 3 is 2.79 bits per heavy atom. The third kappa shape index (κ3) is 2.87. The van der Waals surface area contributed by atoms with E-state index in [0.717, 1.165) is 17.9 Å². The van der Waals surface area contributed by atoms with Crippen molar-refractivity contribution in [3.63, 3.8) is 0 Å². The molecule has 2 rings (SSSR count). The van der Waals surface area contributed by atoms with E-state index in [2.05, 4.69) is 11.9 Å². The van der Waals surface area contributed by atoms with Crippen LogP contribution >= 0.6 is 0 Å². The third-order valence-corrected chi connectivity index (χ3v) is 3.40. The Kier molecular flexibility index (Phi) is 3.75. The van der Waals surface area contributed by atoms with Crippen molar-refractivity contribution in [2.75, 3.05) is 23.8 Å². The maximum atomic E-state index is 12.2. The smallest absolute Gasteiger partial charge is 0.339 e. The van der Waals surface area contributed by atoms with E-state index in [-0.39, 0.29) is 23.3 Å². The maximum absolute atomic E-state index is 12.2. The highest BCUT2D eigenvalue weighted by molar-refractivity contribution is 5.93. The minimum absolute atomic E-state index is 0.0836. The third-order valence-electron chi connectivity index (χ3n) is 3.40. The summed E-state index contributed by atoms with van der Waals surface area (Å²) in [4.78, 5) is 17.7. The van der Waals surface area contributed by atoms with Gasteiger partial charge in [0.15, 0.2) is 0 Å². The van der Waals surface area contributed by atoms with E-state index in [1.54, 1.807) is 4.90 Å². The molecule has 0 saturated carbocycles. The molecule has 0 bridgehead atoms. The molecular formula is C12H19N5O2. The number of carbonyl (C=O) groups is 1. The summed E-state index contributed by atoms with van der Waals surface area (Å²) >= 11 is 0. The zero-order valence-electron chi connectivity index (χ0n) is 10.9. The Morgan fingerprint density at radius 1 is 1.53 bits per heavy atom. The maximum Gasteiger partial charge on any atom is 0.339 e. The topological polar surface area (TPSA) is 109 Å². The van der Waals surface area contributed by atoms with Crippen LogP contribution in [0, 0.1) is 5.92 Å². The summed E-state index contributed by atoms with van der Waals surface area (Å²) in [5, 5.41) is 10.3. The van der Waals surface area contributed by atoms with E-state index in [1.165, 1.54) is 12.3 Å². The number of amides is 2. The number of piperidine rings is 1. The molecule has 1 aromatic heterocycles. The number of nitrogen functional groups attached to an aromatic ring is 1. The van der Waals surface area contributed by atoms with Crippen LogP contribution in [-0.4, -0.2) is 34.1 Å². The number of urea groups is 1. The quantitative estimate of drug-likeness (QED) is 0.397. The van der Waals surface area contributed by atoms with Gasteiger partial charge in [-0.2, -0.15) is 0 Å². The minimum atomic E-state index is -0.328. The number of carbonyl (C=O) groups excluding carboxylic acids is 1. The lowest BCUT2D eigenvalue weighted by atomic mass is 10.00. The predicted molar refractivity (Wildman–Crippen MR) is 72.3 cm³/mol. The number of anilines is 2. The van der Waals surface area contributed by atoms with Crippen LogP contribution in [0.3, 0.4) is 0 Å². The zero-order chi connectivity index (χ0) is 14.0. The summed E-state index contributed by atoms with van der Waals surface area (Å²) in [7, 11) is 0. The van der Waals surface area contributed by atoms with Gasteiger partial charge in [-0.05, 0) is 18.8 Å². The number of aromatic nitrogens is 1. The largest absolute Gasteiger partial charge is 0.506 e. The van der Waals surface area contributed by atoms with Gasteiger partial charge in [0.25, 0.3) is 0 Å². The first-order valence-electron chi connectivity index (χ1n) is 6.27. The van der Waals surface area contributed by atoms with Gasteiger partial charge in [-0.1, -0.05) is 6.92 Å². The van der Waals surface area contributed by atoms with E-state index in [0.29, 0.717) is 19.0 Å². The highest BCUT2D eigenvalue weighted by Gasteiger charge is 2.25. The number of nitrogens with zero attached hydrogens (tertiary/aromatic N) is 3. The number of pyridine rings is 1. The molecule has 0 unspecified atom stereocenters. The standard InChI is InChI=1S/C12H19N5O2/c1-8-2-4-16(5-3-8)12(19)17(14)10-6-9(18)7-15-11(10)13/h6-8,18H,2-5,14H2,1H3,(H2,13,15). The number of rotatable bonds is 1. The van der Waals surface area contributed by atoms with Crippen molar-refractivity contribution in [1.82, 2.24) is 9.88 Å². The van der Waals surface area contributed by atoms with Gasteiger partial charge < -0.3 is 15.7 Å². The van der Waals surface area contributed by atoms with Crippen LogP contribution in [0.15, 0.2) is 12.3 Å². The average Bonchev–Trinajstić information content (AvgIpc) is 2.41. The second-order valence-corrected chi connectivity index (χ2v) is 4.92. The molecule has 104 valence electrons. The lowest BCUT2D eigenvalue weighted by molar-refractivity contribution is 0.180. The van der Waals surface area contributed by atoms with E-state index in [1.807, 2.05) is 0 Å². The summed E-state index contributed by atoms with van der Waals surface area (Å²) in [6.45, 7) is 3.53. The van der Waals surface area contributed by atoms with Gasteiger partial charge in [0.1, 0.15) is 17.3 Å². The Morgan fingerprint density at radius 2 is 2.16 bits per heavy atom. The molecule has 1 fully saturated rings. The summed E-state index contributed by atoms with van der Waals surface area (Å²) in [6.07, 6.45) is 3.14. The van der Waals surface area contributed by atoms with Crippen molar-refractivity contribution < 1.29 is 9.90 Å². The second kappa shape index (κ2) is 5.31. The number of hydrogen-bond acceptors (Lipinski definition) is 5. The lowest BCUT2D eigenvalue weighted by Crippen LogP contribution is -2.50. The fraction of sp³-hybridized carbons (Fsp3) is 0.500. The zero-order valence-corrected chi connectivity index (χ0v) is 10.9. The van der Waals surface area contributed by atoms with Crippen LogP contribution in [0.4, 0.5) is 16.3 Å². The van der Waals surface area contributed by atoms with Crippen molar-refractivity contribution in [1.29, 1.82) is 0 Å². The van der Waals surface area contributed by atoms with Gasteiger partial charge in [0.2, 0.25) is 0 Å². The van der Waals surface area contributed by atoms with E-state index < -0.39 is 0 Å². The summed E-state index contributed by atoms with van der Waals surface area (Å²) in [5.74, 6) is 6.44. The first-order valence-corrected chi connectivity index (χ1v) is 6.27. The van der Waals surface area contributed by atoms with Gasteiger partial charge in [-0.25, -0.2) is 20.6 Å². The fourth-order valence-electron chi connectivity index (χ4n) is 2.10. The van der Waals surface area contributed by atoms with Crippen molar-refractivity contribution >= 4 is 17.5 Å². The van der Waals surface area contributed by atoms with E-state index >= 15 is 0 Å². The Hall–Kier alpha value is -2.02. The molecule has 19 heavy (non-hydrogen) atoms. The van der Waals surface area contributed by atoms with Crippen molar-refractivity contribution in [2.24, 2.45) is 11.8 Å². The predicted octanol–water partition coefficient (Wildman–Crippen LogP) is 0.901. The van der Waals surface area contributed by atoms with Crippen LogP contribution in [0.2, 0.25) is 0 Å². The molecule has 0 aromatic carbocycles. The second-order valence-electron chi connectivity index (χ2n) is 4.92. The van der Waals surface area contributed by atoms with Crippen molar-refractivity contribution in [3.05, 3.63) is 12.3 Å². The normalized spacial score (nSPS) is 16.4. The van der Waals surface area contributed by atoms with Crippen LogP contribution < -0.4 is 16.6 Å². The van der Waals surface area contributed by atoms with Gasteiger partial charge in [-0.15, -0.1) is 0 Å². The SMILES string of the molecule is CC1CCN(C(=O)N(N)c2cc(O)cnc2N)CC1. The summed E-state index contributed by atoms with van der Waals surface area (Å²) < 4.78 is 0. The Balaban J connectivity index is 2.12. The van der Waals surface area contributed by atoms with Crippen LogP contribution in [-0.2, 0) is 0 Å². The average molecular weight is 265 g/mol. The van der Waals surface area contributed by atoms with Gasteiger partial charge in [0.05, 0.1) is 6.20 Å². The van der Waals surface area contributed by atoms with Gasteiger partial charge in [-0.3, -0.25) is 0 Å². The molecule has 0 atom stereocenters. The minimum Gasteiger partial charge on any atom is -0.506 e. The first-order chi connectivity index (χ1) is 8.99.